The quantitative estimate of drug-likeness (QED) is 0.686. The summed E-state index contributed by atoms with van der Waals surface area (Å²) in [5.74, 6) is 0.246. The standard InChI is InChI=1S/C11H13Cl2/c1-3-5-8(2)9-6-4-7-10(12)11(9)13/h4,6-8H,2-3,5H2,1H3. The fourth-order valence-corrected chi connectivity index (χ4v) is 1.80. The van der Waals surface area contributed by atoms with Crippen LogP contribution in [0.2, 0.25) is 10.0 Å². The lowest BCUT2D eigenvalue weighted by atomic mass is 9.97. The van der Waals surface area contributed by atoms with E-state index in [2.05, 4.69) is 13.8 Å². The Bertz CT molecular complexity index is 281. The molecule has 0 fully saturated rings. The highest BCUT2D eigenvalue weighted by Gasteiger charge is 2.10. The molecule has 0 bridgehead atoms. The molecule has 1 atom stereocenters. The lowest BCUT2D eigenvalue weighted by molar-refractivity contribution is 0.714. The molecule has 0 aliphatic rings. The monoisotopic (exact) mass is 215 g/mol. The minimum atomic E-state index is 0.246. The average Bonchev–Trinajstić information content (AvgIpc) is 2.10. The van der Waals surface area contributed by atoms with Crippen molar-refractivity contribution >= 4 is 23.2 Å². The number of rotatable bonds is 3. The van der Waals surface area contributed by atoms with E-state index >= 15 is 0 Å². The van der Waals surface area contributed by atoms with Gasteiger partial charge in [0.15, 0.2) is 0 Å². The molecule has 1 aromatic rings. The minimum absolute atomic E-state index is 0.246. The highest BCUT2D eigenvalue weighted by molar-refractivity contribution is 6.42. The molecule has 0 aliphatic carbocycles. The van der Waals surface area contributed by atoms with Gasteiger partial charge >= 0.3 is 0 Å². The third-order valence-electron chi connectivity index (χ3n) is 2.06. The number of benzene rings is 1. The van der Waals surface area contributed by atoms with Gasteiger partial charge in [-0.2, -0.15) is 0 Å². The van der Waals surface area contributed by atoms with Crippen LogP contribution in [0.4, 0.5) is 0 Å². The maximum atomic E-state index is 6.05. The Morgan fingerprint density at radius 1 is 1.38 bits per heavy atom. The summed E-state index contributed by atoms with van der Waals surface area (Å²) < 4.78 is 0. The highest BCUT2D eigenvalue weighted by atomic mass is 35.5. The van der Waals surface area contributed by atoms with Gasteiger partial charge in [-0.05, 0) is 30.9 Å². The molecule has 2 heteroatoms. The predicted octanol–water partition coefficient (Wildman–Crippen LogP) is 4.71. The van der Waals surface area contributed by atoms with Crippen LogP contribution < -0.4 is 0 Å². The van der Waals surface area contributed by atoms with Crippen molar-refractivity contribution in [3.8, 4) is 0 Å². The number of halogens is 2. The van der Waals surface area contributed by atoms with E-state index in [1.54, 1.807) is 6.07 Å². The maximum Gasteiger partial charge on any atom is 0.0627 e. The van der Waals surface area contributed by atoms with Gasteiger partial charge in [0, 0.05) is 0 Å². The number of hydrogen-bond donors (Lipinski definition) is 0. The molecular weight excluding hydrogens is 203 g/mol. The first-order valence-corrected chi connectivity index (χ1v) is 5.19. The lowest BCUT2D eigenvalue weighted by Crippen LogP contribution is -1.94. The highest BCUT2D eigenvalue weighted by Crippen LogP contribution is 2.32. The summed E-state index contributed by atoms with van der Waals surface area (Å²) in [7, 11) is 0. The first-order chi connectivity index (χ1) is 6.16. The predicted molar refractivity (Wildman–Crippen MR) is 59.5 cm³/mol. The van der Waals surface area contributed by atoms with Crippen LogP contribution in [0, 0.1) is 6.92 Å². The van der Waals surface area contributed by atoms with Crippen LogP contribution >= 0.6 is 23.2 Å². The third-order valence-corrected chi connectivity index (χ3v) is 2.89. The molecule has 0 aromatic heterocycles. The van der Waals surface area contributed by atoms with Gasteiger partial charge in [-0.25, -0.2) is 0 Å². The summed E-state index contributed by atoms with van der Waals surface area (Å²) in [6.45, 7) is 6.19. The lowest BCUT2D eigenvalue weighted by Gasteiger charge is -2.12. The minimum Gasteiger partial charge on any atom is -0.0827 e. The molecule has 0 saturated carbocycles. The van der Waals surface area contributed by atoms with Crippen molar-refractivity contribution in [3.05, 3.63) is 40.7 Å². The molecule has 1 radical (unpaired) electrons. The molecule has 1 unspecified atom stereocenters. The Morgan fingerprint density at radius 3 is 2.69 bits per heavy atom. The van der Waals surface area contributed by atoms with Crippen molar-refractivity contribution < 1.29 is 0 Å². The van der Waals surface area contributed by atoms with Gasteiger partial charge in [0.1, 0.15) is 0 Å². The molecule has 0 spiro atoms. The van der Waals surface area contributed by atoms with Crippen LogP contribution in [0.1, 0.15) is 31.2 Å². The molecule has 1 rings (SSSR count). The first-order valence-electron chi connectivity index (χ1n) is 4.43. The summed E-state index contributed by atoms with van der Waals surface area (Å²) in [4.78, 5) is 0. The zero-order valence-corrected chi connectivity index (χ0v) is 9.20. The Kier molecular flexibility index (Phi) is 4.08. The van der Waals surface area contributed by atoms with E-state index in [0.717, 1.165) is 18.4 Å². The van der Waals surface area contributed by atoms with Crippen molar-refractivity contribution in [3.63, 3.8) is 0 Å². The fraction of sp³-hybridized carbons (Fsp3) is 0.364. The van der Waals surface area contributed by atoms with Gasteiger partial charge < -0.3 is 0 Å². The van der Waals surface area contributed by atoms with Crippen molar-refractivity contribution in [1.82, 2.24) is 0 Å². The van der Waals surface area contributed by atoms with E-state index in [1.807, 2.05) is 12.1 Å². The molecular formula is C11H13Cl2. The molecule has 0 heterocycles. The number of hydrogen-bond acceptors (Lipinski definition) is 0. The third kappa shape index (κ3) is 2.62. The molecule has 0 aliphatic heterocycles. The van der Waals surface area contributed by atoms with Crippen LogP contribution in [0.25, 0.3) is 0 Å². The molecule has 0 saturated heterocycles. The van der Waals surface area contributed by atoms with Crippen molar-refractivity contribution in [2.75, 3.05) is 0 Å². The molecule has 13 heavy (non-hydrogen) atoms. The summed E-state index contributed by atoms with van der Waals surface area (Å²) in [6.07, 6.45) is 2.15. The Morgan fingerprint density at radius 2 is 2.08 bits per heavy atom. The Labute approximate surface area is 89.9 Å². The van der Waals surface area contributed by atoms with E-state index in [0.29, 0.717) is 10.0 Å². The Balaban J connectivity index is 2.93. The van der Waals surface area contributed by atoms with Crippen LogP contribution in [0.3, 0.4) is 0 Å². The zero-order chi connectivity index (χ0) is 9.84. The van der Waals surface area contributed by atoms with Crippen molar-refractivity contribution in [2.45, 2.75) is 25.7 Å². The van der Waals surface area contributed by atoms with Crippen LogP contribution in [0.15, 0.2) is 18.2 Å². The SMILES string of the molecule is [CH2]C(CCC)c1cccc(Cl)c1Cl. The molecule has 0 amide bonds. The maximum absolute atomic E-state index is 6.05. The molecule has 0 N–H and O–H groups in total. The van der Waals surface area contributed by atoms with Crippen LogP contribution in [-0.2, 0) is 0 Å². The van der Waals surface area contributed by atoms with Gasteiger partial charge in [-0.1, -0.05) is 48.7 Å². The van der Waals surface area contributed by atoms with Gasteiger partial charge in [0.25, 0.3) is 0 Å². The first kappa shape index (κ1) is 10.9. The van der Waals surface area contributed by atoms with E-state index in [4.69, 9.17) is 23.2 Å². The smallest absolute Gasteiger partial charge is 0.0627 e. The van der Waals surface area contributed by atoms with E-state index in [9.17, 15) is 0 Å². The topological polar surface area (TPSA) is 0 Å². The molecule has 71 valence electrons. The van der Waals surface area contributed by atoms with Crippen LogP contribution in [-0.4, -0.2) is 0 Å². The normalized spacial score (nSPS) is 12.9. The molecule has 0 nitrogen and oxygen atoms in total. The summed E-state index contributed by atoms with van der Waals surface area (Å²) in [6, 6.07) is 5.70. The second-order valence-corrected chi connectivity index (χ2v) is 3.91. The van der Waals surface area contributed by atoms with Gasteiger partial charge in [0.05, 0.1) is 10.0 Å². The van der Waals surface area contributed by atoms with Crippen molar-refractivity contribution in [1.29, 1.82) is 0 Å². The largest absolute Gasteiger partial charge is 0.0827 e. The van der Waals surface area contributed by atoms with Crippen LogP contribution in [0.5, 0.6) is 0 Å². The summed E-state index contributed by atoms with van der Waals surface area (Å²) in [5, 5.41) is 1.27. The average molecular weight is 216 g/mol. The second-order valence-electron chi connectivity index (χ2n) is 3.13. The van der Waals surface area contributed by atoms with Crippen molar-refractivity contribution in [2.24, 2.45) is 0 Å². The van der Waals surface area contributed by atoms with E-state index < -0.39 is 0 Å². The van der Waals surface area contributed by atoms with Gasteiger partial charge in [-0.15, -0.1) is 0 Å². The fourth-order valence-electron chi connectivity index (χ4n) is 1.34. The molecule has 1 aromatic carbocycles. The Hall–Kier alpha value is -0.200. The summed E-state index contributed by atoms with van der Waals surface area (Å²) in [5.41, 5.74) is 1.05. The van der Waals surface area contributed by atoms with Gasteiger partial charge in [0.2, 0.25) is 0 Å². The second kappa shape index (κ2) is 4.88. The zero-order valence-electron chi connectivity index (χ0n) is 7.69. The van der Waals surface area contributed by atoms with Gasteiger partial charge in [-0.3, -0.25) is 0 Å². The summed E-state index contributed by atoms with van der Waals surface area (Å²) >= 11 is 12.0. The van der Waals surface area contributed by atoms with E-state index in [-0.39, 0.29) is 5.92 Å². The van der Waals surface area contributed by atoms with E-state index in [1.165, 1.54) is 0 Å².